The Labute approximate surface area is 161 Å². The molecule has 26 heavy (non-hydrogen) atoms. The number of rotatable bonds is 7. The van der Waals surface area contributed by atoms with E-state index in [2.05, 4.69) is 20.8 Å². The zero-order valence-electron chi connectivity index (χ0n) is 15.0. The summed E-state index contributed by atoms with van der Waals surface area (Å²) in [5, 5.41) is 14.6. The number of thioether (sulfide) groups is 1. The lowest BCUT2D eigenvalue weighted by atomic mass is 10.2. The van der Waals surface area contributed by atoms with Crippen molar-refractivity contribution in [1.29, 1.82) is 0 Å². The van der Waals surface area contributed by atoms with Gasteiger partial charge in [0.1, 0.15) is 0 Å². The Balaban J connectivity index is 2.00. The molecule has 7 nitrogen and oxygen atoms in total. The molecule has 1 atom stereocenters. The van der Waals surface area contributed by atoms with Gasteiger partial charge < -0.3 is 9.88 Å². The van der Waals surface area contributed by atoms with Gasteiger partial charge in [0.05, 0.1) is 5.75 Å². The first-order valence-electron chi connectivity index (χ1n) is 8.36. The standard InChI is InChI=1S/C17H22ClN5O2S/c1-4-11(3)19-16(25)20-14(24)10-26-17-22-21-15(23(17)5-2)12-7-6-8-13(18)9-12/h6-9,11H,4-5,10H2,1-3H3,(H2,19,20,24,25)/t11-/m0/s1. The van der Waals surface area contributed by atoms with Crippen LogP contribution in [0.2, 0.25) is 5.02 Å². The summed E-state index contributed by atoms with van der Waals surface area (Å²) in [6, 6.07) is 6.89. The molecule has 0 fully saturated rings. The predicted octanol–water partition coefficient (Wildman–Crippen LogP) is 3.33. The summed E-state index contributed by atoms with van der Waals surface area (Å²) in [5.74, 6) is 0.375. The van der Waals surface area contributed by atoms with Gasteiger partial charge in [-0.15, -0.1) is 10.2 Å². The molecule has 3 amide bonds. The fourth-order valence-electron chi connectivity index (χ4n) is 2.18. The molecule has 0 spiro atoms. The minimum atomic E-state index is -0.485. The molecule has 1 heterocycles. The summed E-state index contributed by atoms with van der Waals surface area (Å²) in [4.78, 5) is 23.6. The number of hydrogen-bond donors (Lipinski definition) is 2. The number of imide groups is 1. The molecule has 0 unspecified atom stereocenters. The molecule has 0 radical (unpaired) electrons. The molecule has 140 valence electrons. The van der Waals surface area contributed by atoms with Crippen LogP contribution in [0.25, 0.3) is 11.4 Å². The van der Waals surface area contributed by atoms with Crippen molar-refractivity contribution in [2.24, 2.45) is 0 Å². The van der Waals surface area contributed by atoms with Crippen LogP contribution in [0.3, 0.4) is 0 Å². The number of nitrogens with one attached hydrogen (secondary N) is 2. The van der Waals surface area contributed by atoms with E-state index in [1.807, 2.05) is 43.5 Å². The Hall–Kier alpha value is -2.06. The van der Waals surface area contributed by atoms with Crippen molar-refractivity contribution in [1.82, 2.24) is 25.4 Å². The minimum absolute atomic E-state index is 0.0129. The molecule has 9 heteroatoms. The average Bonchev–Trinajstić information content (AvgIpc) is 3.02. The number of urea groups is 1. The lowest BCUT2D eigenvalue weighted by Crippen LogP contribution is -2.43. The first-order valence-corrected chi connectivity index (χ1v) is 9.73. The first-order chi connectivity index (χ1) is 12.4. The lowest BCUT2D eigenvalue weighted by molar-refractivity contribution is -0.117. The van der Waals surface area contributed by atoms with E-state index in [1.165, 1.54) is 11.8 Å². The van der Waals surface area contributed by atoms with E-state index in [-0.39, 0.29) is 17.7 Å². The Bertz CT molecular complexity index is 780. The summed E-state index contributed by atoms with van der Waals surface area (Å²) >= 11 is 7.27. The third kappa shape index (κ3) is 5.47. The molecule has 0 aliphatic rings. The summed E-state index contributed by atoms with van der Waals surface area (Å²) in [5.41, 5.74) is 0.857. The van der Waals surface area contributed by atoms with E-state index in [1.54, 1.807) is 6.07 Å². The van der Waals surface area contributed by atoms with Gasteiger partial charge in [-0.05, 0) is 32.4 Å². The van der Waals surface area contributed by atoms with Crippen molar-refractivity contribution >= 4 is 35.3 Å². The third-order valence-corrected chi connectivity index (χ3v) is 4.89. The van der Waals surface area contributed by atoms with Crippen LogP contribution < -0.4 is 10.6 Å². The topological polar surface area (TPSA) is 88.9 Å². The first kappa shape index (κ1) is 20.3. The van der Waals surface area contributed by atoms with Crippen molar-refractivity contribution in [3.05, 3.63) is 29.3 Å². The fourth-order valence-corrected chi connectivity index (χ4v) is 3.17. The molecular formula is C17H22ClN5O2S. The summed E-state index contributed by atoms with van der Waals surface area (Å²) < 4.78 is 1.91. The lowest BCUT2D eigenvalue weighted by Gasteiger charge is -2.11. The molecule has 2 N–H and O–H groups in total. The Morgan fingerprint density at radius 3 is 2.73 bits per heavy atom. The van der Waals surface area contributed by atoms with Gasteiger partial charge in [0, 0.05) is 23.2 Å². The van der Waals surface area contributed by atoms with Crippen molar-refractivity contribution in [2.45, 2.75) is 44.9 Å². The fraction of sp³-hybridized carbons (Fsp3) is 0.412. The van der Waals surface area contributed by atoms with E-state index in [0.717, 1.165) is 12.0 Å². The average molecular weight is 396 g/mol. The van der Waals surface area contributed by atoms with Gasteiger partial charge in [-0.3, -0.25) is 10.1 Å². The quantitative estimate of drug-likeness (QED) is 0.702. The molecule has 0 bridgehead atoms. The number of carbonyl (C=O) groups is 2. The van der Waals surface area contributed by atoms with Gasteiger partial charge >= 0.3 is 6.03 Å². The summed E-state index contributed by atoms with van der Waals surface area (Å²) in [6.45, 7) is 6.45. The van der Waals surface area contributed by atoms with Crippen LogP contribution in [0.1, 0.15) is 27.2 Å². The van der Waals surface area contributed by atoms with Crippen LogP contribution in [0, 0.1) is 0 Å². The van der Waals surface area contributed by atoms with Crippen LogP contribution in [0.4, 0.5) is 4.79 Å². The number of nitrogens with zero attached hydrogens (tertiary/aromatic N) is 3. The van der Waals surface area contributed by atoms with E-state index >= 15 is 0 Å². The van der Waals surface area contributed by atoms with E-state index in [0.29, 0.717) is 22.5 Å². The van der Waals surface area contributed by atoms with Crippen LogP contribution in [-0.4, -0.2) is 38.5 Å². The molecule has 1 aromatic carbocycles. The van der Waals surface area contributed by atoms with E-state index < -0.39 is 6.03 Å². The zero-order valence-corrected chi connectivity index (χ0v) is 16.5. The minimum Gasteiger partial charge on any atom is -0.335 e. The highest BCUT2D eigenvalue weighted by Crippen LogP contribution is 2.25. The van der Waals surface area contributed by atoms with Crippen molar-refractivity contribution < 1.29 is 9.59 Å². The molecule has 0 saturated carbocycles. The Kier molecular flexibility index (Phi) is 7.47. The van der Waals surface area contributed by atoms with Gasteiger partial charge in [-0.25, -0.2) is 4.79 Å². The van der Waals surface area contributed by atoms with Gasteiger partial charge in [0.15, 0.2) is 11.0 Å². The number of benzene rings is 1. The molecule has 2 rings (SSSR count). The van der Waals surface area contributed by atoms with E-state index in [9.17, 15) is 9.59 Å². The SMILES string of the molecule is CC[C@H](C)NC(=O)NC(=O)CSc1nnc(-c2cccc(Cl)c2)n1CC. The Morgan fingerprint density at radius 2 is 2.08 bits per heavy atom. The van der Waals surface area contributed by atoms with Crippen LogP contribution in [0.15, 0.2) is 29.4 Å². The van der Waals surface area contributed by atoms with Crippen LogP contribution >= 0.6 is 23.4 Å². The third-order valence-electron chi connectivity index (χ3n) is 3.69. The van der Waals surface area contributed by atoms with Crippen molar-refractivity contribution in [3.8, 4) is 11.4 Å². The molecule has 2 aromatic rings. The molecular weight excluding hydrogens is 374 g/mol. The second-order valence-corrected chi connectivity index (χ2v) is 7.06. The molecule has 1 aromatic heterocycles. The number of amides is 3. The Morgan fingerprint density at radius 1 is 1.31 bits per heavy atom. The zero-order chi connectivity index (χ0) is 19.1. The highest BCUT2D eigenvalue weighted by molar-refractivity contribution is 7.99. The number of hydrogen-bond acceptors (Lipinski definition) is 5. The van der Waals surface area contributed by atoms with Crippen LogP contribution in [0.5, 0.6) is 0 Å². The number of carbonyl (C=O) groups excluding carboxylic acids is 2. The summed E-state index contributed by atoms with van der Waals surface area (Å²) in [6.07, 6.45) is 0.794. The normalized spacial score (nSPS) is 11.8. The smallest absolute Gasteiger partial charge is 0.321 e. The maximum absolute atomic E-state index is 12.0. The second-order valence-electron chi connectivity index (χ2n) is 5.68. The highest BCUT2D eigenvalue weighted by Gasteiger charge is 2.16. The summed E-state index contributed by atoms with van der Waals surface area (Å²) in [7, 11) is 0. The monoisotopic (exact) mass is 395 g/mol. The van der Waals surface area contributed by atoms with Gasteiger partial charge in [-0.2, -0.15) is 0 Å². The van der Waals surface area contributed by atoms with Gasteiger partial charge in [0.25, 0.3) is 0 Å². The van der Waals surface area contributed by atoms with Gasteiger partial charge in [-0.1, -0.05) is 42.4 Å². The van der Waals surface area contributed by atoms with Crippen molar-refractivity contribution in [2.75, 3.05) is 5.75 Å². The second kappa shape index (κ2) is 9.59. The van der Waals surface area contributed by atoms with Crippen molar-refractivity contribution in [3.63, 3.8) is 0 Å². The maximum Gasteiger partial charge on any atom is 0.321 e. The molecule has 0 aliphatic carbocycles. The van der Waals surface area contributed by atoms with Gasteiger partial charge in [0.2, 0.25) is 5.91 Å². The number of halogens is 1. The molecule has 0 saturated heterocycles. The largest absolute Gasteiger partial charge is 0.335 e. The maximum atomic E-state index is 12.0. The van der Waals surface area contributed by atoms with E-state index in [4.69, 9.17) is 11.6 Å². The molecule has 0 aliphatic heterocycles. The number of aromatic nitrogens is 3. The highest BCUT2D eigenvalue weighted by atomic mass is 35.5. The van der Waals surface area contributed by atoms with Crippen LogP contribution in [-0.2, 0) is 11.3 Å². The predicted molar refractivity (Wildman–Crippen MR) is 103 cm³/mol.